The van der Waals surface area contributed by atoms with Crippen molar-refractivity contribution >= 4 is 11.5 Å². The van der Waals surface area contributed by atoms with Crippen molar-refractivity contribution < 1.29 is 0 Å². The van der Waals surface area contributed by atoms with Crippen molar-refractivity contribution in [3.05, 3.63) is 60.3 Å². The van der Waals surface area contributed by atoms with E-state index in [1.165, 1.54) is 18.4 Å². The van der Waals surface area contributed by atoms with Crippen molar-refractivity contribution in [3.63, 3.8) is 0 Å². The monoisotopic (exact) mass is 385 g/mol. The summed E-state index contributed by atoms with van der Waals surface area (Å²) in [5, 5.41) is 13.5. The molecule has 0 amide bonds. The molecule has 0 spiro atoms. The van der Waals surface area contributed by atoms with E-state index in [4.69, 9.17) is 10.1 Å². The Morgan fingerprint density at radius 2 is 1.83 bits per heavy atom. The molecule has 146 valence electrons. The molecule has 29 heavy (non-hydrogen) atoms. The SMILES string of the molecule is c1ccc(-c2cnc(C3CCCN(c4ccc5nnc(C6CC6)n5n4)C3)[nH]2)cc1. The van der Waals surface area contributed by atoms with Gasteiger partial charge in [-0.25, -0.2) is 4.98 Å². The van der Waals surface area contributed by atoms with Crippen molar-refractivity contribution in [2.45, 2.75) is 37.5 Å². The second-order valence-corrected chi connectivity index (χ2v) is 8.13. The Labute approximate surface area is 168 Å². The van der Waals surface area contributed by atoms with Crippen LogP contribution in [0, 0.1) is 0 Å². The van der Waals surface area contributed by atoms with Gasteiger partial charge in [-0.1, -0.05) is 30.3 Å². The zero-order chi connectivity index (χ0) is 19.2. The summed E-state index contributed by atoms with van der Waals surface area (Å²) in [6, 6.07) is 14.5. The largest absolute Gasteiger partial charge is 0.354 e. The van der Waals surface area contributed by atoms with Crippen LogP contribution in [0.15, 0.2) is 48.7 Å². The maximum absolute atomic E-state index is 4.89. The molecule has 4 heterocycles. The molecule has 0 bridgehead atoms. The zero-order valence-electron chi connectivity index (χ0n) is 16.2. The maximum atomic E-state index is 4.89. The Kier molecular flexibility index (Phi) is 3.85. The number of rotatable bonds is 4. The average Bonchev–Trinajstić information content (AvgIpc) is 3.35. The number of aromatic amines is 1. The minimum absolute atomic E-state index is 0.377. The van der Waals surface area contributed by atoms with E-state index in [0.29, 0.717) is 11.8 Å². The van der Waals surface area contributed by atoms with E-state index >= 15 is 0 Å². The fourth-order valence-corrected chi connectivity index (χ4v) is 4.28. The number of H-pyrrole nitrogens is 1. The van der Waals surface area contributed by atoms with Crippen LogP contribution in [-0.4, -0.2) is 42.9 Å². The predicted molar refractivity (Wildman–Crippen MR) is 111 cm³/mol. The summed E-state index contributed by atoms with van der Waals surface area (Å²) in [5.74, 6) is 3.98. The van der Waals surface area contributed by atoms with Crippen LogP contribution in [0.5, 0.6) is 0 Å². The molecular weight excluding hydrogens is 362 g/mol. The molecule has 7 heteroatoms. The Bertz CT molecular complexity index is 1140. The molecule has 1 unspecified atom stereocenters. The molecule has 1 atom stereocenters. The number of nitrogens with zero attached hydrogens (tertiary/aromatic N) is 6. The van der Waals surface area contributed by atoms with E-state index in [0.717, 1.165) is 54.7 Å². The van der Waals surface area contributed by atoms with Crippen LogP contribution in [0.4, 0.5) is 5.82 Å². The van der Waals surface area contributed by atoms with Gasteiger partial charge in [-0.3, -0.25) is 0 Å². The first kappa shape index (κ1) is 16.7. The second kappa shape index (κ2) is 6.69. The smallest absolute Gasteiger partial charge is 0.178 e. The van der Waals surface area contributed by atoms with Gasteiger partial charge in [0.05, 0.1) is 11.9 Å². The van der Waals surface area contributed by atoms with Crippen LogP contribution in [-0.2, 0) is 0 Å². The molecule has 4 aromatic rings. The maximum Gasteiger partial charge on any atom is 0.178 e. The Hall–Kier alpha value is -3.22. The third kappa shape index (κ3) is 3.06. The number of piperidine rings is 1. The first-order chi connectivity index (χ1) is 14.3. The second-order valence-electron chi connectivity index (χ2n) is 8.13. The highest BCUT2D eigenvalue weighted by molar-refractivity contribution is 5.58. The first-order valence-corrected chi connectivity index (χ1v) is 10.4. The molecular formula is C22H23N7. The van der Waals surface area contributed by atoms with Crippen molar-refractivity contribution in [2.24, 2.45) is 0 Å². The van der Waals surface area contributed by atoms with Gasteiger partial charge in [0.25, 0.3) is 0 Å². The van der Waals surface area contributed by atoms with Crippen molar-refractivity contribution in [3.8, 4) is 11.3 Å². The van der Waals surface area contributed by atoms with Crippen LogP contribution < -0.4 is 4.90 Å². The number of aromatic nitrogens is 6. The number of fused-ring (bicyclic) bond motifs is 1. The molecule has 2 fully saturated rings. The van der Waals surface area contributed by atoms with E-state index < -0.39 is 0 Å². The van der Waals surface area contributed by atoms with E-state index in [-0.39, 0.29) is 0 Å². The minimum atomic E-state index is 0.377. The topological polar surface area (TPSA) is 75.0 Å². The van der Waals surface area contributed by atoms with Gasteiger partial charge in [-0.05, 0) is 43.4 Å². The van der Waals surface area contributed by atoms with Gasteiger partial charge in [-0.2, -0.15) is 4.52 Å². The highest BCUT2D eigenvalue weighted by atomic mass is 15.4. The summed E-state index contributed by atoms with van der Waals surface area (Å²) in [6.07, 6.45) is 6.61. The van der Waals surface area contributed by atoms with Gasteiger partial charge in [0.1, 0.15) is 11.6 Å². The molecule has 2 aliphatic rings. The van der Waals surface area contributed by atoms with Crippen LogP contribution >= 0.6 is 0 Å². The van der Waals surface area contributed by atoms with E-state index in [1.807, 2.05) is 22.8 Å². The lowest BCUT2D eigenvalue weighted by molar-refractivity contribution is 0.490. The molecule has 1 N–H and O–H groups in total. The number of hydrogen-bond acceptors (Lipinski definition) is 5. The van der Waals surface area contributed by atoms with Crippen LogP contribution in [0.3, 0.4) is 0 Å². The summed E-state index contributed by atoms with van der Waals surface area (Å²) in [6.45, 7) is 1.93. The molecule has 6 rings (SSSR count). The quantitative estimate of drug-likeness (QED) is 0.579. The normalized spacial score (nSPS) is 19.7. The lowest BCUT2D eigenvalue weighted by Crippen LogP contribution is -2.35. The molecule has 1 aliphatic heterocycles. The van der Waals surface area contributed by atoms with Gasteiger partial charge in [-0.15, -0.1) is 15.3 Å². The fraction of sp³-hybridized carbons (Fsp3) is 0.364. The Balaban J connectivity index is 1.26. The number of anilines is 1. The molecule has 1 aliphatic carbocycles. The number of benzene rings is 1. The molecule has 3 aromatic heterocycles. The summed E-state index contributed by atoms with van der Waals surface area (Å²) in [5.41, 5.74) is 3.09. The van der Waals surface area contributed by atoms with Gasteiger partial charge < -0.3 is 9.88 Å². The van der Waals surface area contributed by atoms with Gasteiger partial charge >= 0.3 is 0 Å². The molecule has 7 nitrogen and oxygen atoms in total. The highest BCUT2D eigenvalue weighted by Gasteiger charge is 2.30. The lowest BCUT2D eigenvalue weighted by atomic mass is 9.97. The third-order valence-electron chi connectivity index (χ3n) is 6.03. The Morgan fingerprint density at radius 3 is 2.69 bits per heavy atom. The molecule has 1 saturated heterocycles. The average molecular weight is 385 g/mol. The van der Waals surface area contributed by atoms with Crippen LogP contribution in [0.1, 0.15) is 49.2 Å². The summed E-state index contributed by atoms with van der Waals surface area (Å²) in [4.78, 5) is 10.6. The van der Waals surface area contributed by atoms with Gasteiger partial charge in [0, 0.05) is 24.9 Å². The molecule has 1 aromatic carbocycles. The molecule has 0 radical (unpaired) electrons. The van der Waals surface area contributed by atoms with E-state index in [9.17, 15) is 0 Å². The standard InChI is InChI=1S/C22H23N7/c1-2-5-15(6-3-1)18-13-23-21(24-18)17-7-4-12-28(14-17)20-11-10-19-25-26-22(16-8-9-16)29(19)27-20/h1-3,5-6,10-11,13,16-17H,4,7-9,12,14H2,(H,23,24). The Morgan fingerprint density at radius 1 is 0.931 bits per heavy atom. The van der Waals surface area contributed by atoms with Crippen LogP contribution in [0.2, 0.25) is 0 Å². The number of nitrogens with one attached hydrogen (secondary N) is 1. The van der Waals surface area contributed by atoms with Crippen molar-refractivity contribution in [2.75, 3.05) is 18.0 Å². The lowest BCUT2D eigenvalue weighted by Gasteiger charge is -2.32. The molecule has 1 saturated carbocycles. The van der Waals surface area contributed by atoms with Crippen molar-refractivity contribution in [1.29, 1.82) is 0 Å². The highest BCUT2D eigenvalue weighted by Crippen LogP contribution is 2.39. The summed E-state index contributed by atoms with van der Waals surface area (Å²) >= 11 is 0. The zero-order valence-corrected chi connectivity index (χ0v) is 16.2. The van der Waals surface area contributed by atoms with E-state index in [1.54, 1.807) is 0 Å². The third-order valence-corrected chi connectivity index (χ3v) is 6.03. The fourth-order valence-electron chi connectivity index (χ4n) is 4.28. The van der Waals surface area contributed by atoms with Gasteiger partial charge in [0.2, 0.25) is 0 Å². The number of imidazole rings is 1. The van der Waals surface area contributed by atoms with E-state index in [2.05, 4.69) is 50.4 Å². The number of hydrogen-bond donors (Lipinski definition) is 1. The summed E-state index contributed by atoms with van der Waals surface area (Å²) in [7, 11) is 0. The predicted octanol–water partition coefficient (Wildman–Crippen LogP) is 3.78. The van der Waals surface area contributed by atoms with Crippen LogP contribution in [0.25, 0.3) is 16.9 Å². The first-order valence-electron chi connectivity index (χ1n) is 10.4. The summed E-state index contributed by atoms with van der Waals surface area (Å²) < 4.78 is 1.94. The minimum Gasteiger partial charge on any atom is -0.354 e. The van der Waals surface area contributed by atoms with Crippen molar-refractivity contribution in [1.82, 2.24) is 29.8 Å². The van der Waals surface area contributed by atoms with Gasteiger partial charge in [0.15, 0.2) is 11.5 Å².